The normalized spacial score (nSPS) is 12.3. The van der Waals surface area contributed by atoms with Crippen LogP contribution < -0.4 is 5.32 Å². The zero-order chi connectivity index (χ0) is 27.0. The monoisotopic (exact) mass is 543 g/mol. The van der Waals surface area contributed by atoms with Crippen molar-refractivity contribution in [2.24, 2.45) is 0 Å². The quantitative estimate of drug-likeness (QED) is 0.0870. The molecule has 0 bridgehead atoms. The van der Waals surface area contributed by atoms with Gasteiger partial charge in [-0.25, -0.2) is 4.79 Å². The molecule has 0 saturated heterocycles. The van der Waals surface area contributed by atoms with E-state index in [0.29, 0.717) is 0 Å². The Morgan fingerprint density at radius 2 is 1.32 bits per heavy atom. The Labute approximate surface area is 232 Å². The second-order valence-electron chi connectivity index (χ2n) is 8.26. The van der Waals surface area contributed by atoms with E-state index in [-0.39, 0.29) is 34.7 Å². The molecule has 0 heterocycles. The zero-order valence-electron chi connectivity index (χ0n) is 21.7. The molecule has 1 amide bonds. The third-order valence-corrected chi connectivity index (χ3v) is 5.79. The molecule has 37 heavy (non-hydrogen) atoms. The molecule has 200 valence electrons. The van der Waals surface area contributed by atoms with Crippen molar-refractivity contribution in [3.63, 3.8) is 0 Å². The Morgan fingerprint density at radius 3 is 1.95 bits per heavy atom. The van der Waals surface area contributed by atoms with Crippen molar-refractivity contribution in [2.75, 3.05) is 13.2 Å². The largest absolute Gasteiger partial charge is 0.460 e. The number of benzene rings is 1. The lowest BCUT2D eigenvalue weighted by atomic mass is 10.1. The molecule has 0 aliphatic rings. The maximum Gasteiger partial charge on any atom is 0.341 e. The number of nitrogens with one attached hydrogen (secondary N) is 1. The number of amides is 1. The van der Waals surface area contributed by atoms with Crippen LogP contribution in [0.4, 0.5) is 0 Å². The fourth-order valence-electron chi connectivity index (χ4n) is 3.19. The third kappa shape index (κ3) is 17.3. The number of ether oxygens (including phenoxy) is 1. The maximum absolute atomic E-state index is 12.0. The van der Waals surface area contributed by atoms with Crippen LogP contribution in [0, 0.1) is 0 Å². The second-order valence-corrected chi connectivity index (χ2v) is 9.07. The second kappa shape index (κ2) is 22.4. The molecule has 0 spiro atoms. The molecule has 0 fully saturated rings. The first-order valence-electron chi connectivity index (χ1n) is 12.9. The summed E-state index contributed by atoms with van der Waals surface area (Å²) in [5.41, 5.74) is 0.118. The Kier molecular flexibility index (Phi) is 19.5. The number of hydrogen-bond acceptors (Lipinski definition) is 3. The number of esters is 1. The van der Waals surface area contributed by atoms with E-state index in [2.05, 4.69) is 24.4 Å². The third-order valence-electron chi connectivity index (χ3n) is 5.16. The fourth-order valence-corrected chi connectivity index (χ4v) is 3.74. The van der Waals surface area contributed by atoms with Crippen LogP contribution >= 0.6 is 23.2 Å². The van der Waals surface area contributed by atoms with Gasteiger partial charge in [-0.3, -0.25) is 4.79 Å². The van der Waals surface area contributed by atoms with Gasteiger partial charge in [-0.2, -0.15) is 0 Å². The Hall–Kier alpha value is -2.82. The Bertz CT molecular complexity index is 954. The van der Waals surface area contributed by atoms with Gasteiger partial charge in [0.25, 0.3) is 0 Å². The van der Waals surface area contributed by atoms with Crippen molar-refractivity contribution >= 4 is 35.1 Å². The number of carbonyl (C=O) groups is 2. The number of hydrogen-bond donors (Lipinski definition) is 1. The minimum atomic E-state index is -0.630. The predicted molar refractivity (Wildman–Crippen MR) is 157 cm³/mol. The number of rotatable bonds is 18. The number of carbonyl (C=O) groups excluding carboxylic acids is 2. The molecular weight excluding hydrogens is 505 g/mol. The topological polar surface area (TPSA) is 55.4 Å². The van der Waals surface area contributed by atoms with Gasteiger partial charge in [-0.1, -0.05) is 142 Å². The zero-order valence-corrected chi connectivity index (χ0v) is 23.2. The van der Waals surface area contributed by atoms with Crippen LogP contribution in [-0.2, 0) is 9.53 Å². The average Bonchev–Trinajstić information content (AvgIpc) is 2.88. The summed E-state index contributed by atoms with van der Waals surface area (Å²) in [7, 11) is 0. The van der Waals surface area contributed by atoms with Crippen LogP contribution in [0.25, 0.3) is 0 Å². The first kappa shape index (κ1) is 32.2. The van der Waals surface area contributed by atoms with Crippen LogP contribution in [-0.4, -0.2) is 25.0 Å². The summed E-state index contributed by atoms with van der Waals surface area (Å²) in [6.07, 6.45) is 33.2. The van der Waals surface area contributed by atoms with Crippen molar-refractivity contribution in [1.82, 2.24) is 5.32 Å². The lowest BCUT2D eigenvalue weighted by molar-refractivity contribution is -0.116. The van der Waals surface area contributed by atoms with Crippen LogP contribution in [0.1, 0.15) is 68.6 Å². The van der Waals surface area contributed by atoms with Crippen molar-refractivity contribution < 1.29 is 14.3 Å². The highest BCUT2D eigenvalue weighted by molar-refractivity contribution is 6.39. The molecule has 1 rings (SSSR count). The minimum Gasteiger partial charge on any atom is -0.460 e. The molecule has 0 aliphatic heterocycles. The molecule has 0 unspecified atom stereocenters. The van der Waals surface area contributed by atoms with E-state index < -0.39 is 5.97 Å². The number of allylic oxidation sites excluding steroid dienone is 11. The van der Waals surface area contributed by atoms with Crippen molar-refractivity contribution in [3.8, 4) is 0 Å². The SMILES string of the molecule is CCCCCCCCCC=CC=CC=CC=CC=CC=CC(=O)NCCOC(=O)c1c(Cl)cccc1Cl. The molecule has 0 aliphatic carbocycles. The van der Waals surface area contributed by atoms with Gasteiger partial charge in [-0.15, -0.1) is 0 Å². The molecule has 1 N–H and O–H groups in total. The summed E-state index contributed by atoms with van der Waals surface area (Å²) < 4.78 is 5.10. The molecule has 4 nitrogen and oxygen atoms in total. The van der Waals surface area contributed by atoms with Gasteiger partial charge in [0, 0.05) is 6.08 Å². The van der Waals surface area contributed by atoms with Crippen molar-refractivity contribution in [2.45, 2.75) is 58.3 Å². The molecule has 0 atom stereocenters. The summed E-state index contributed by atoms with van der Waals surface area (Å²) in [6, 6.07) is 4.76. The fraction of sp³-hybridized carbons (Fsp3) is 0.355. The summed E-state index contributed by atoms with van der Waals surface area (Å²) in [5, 5.41) is 3.07. The molecule has 1 aromatic carbocycles. The number of halogens is 2. The van der Waals surface area contributed by atoms with Gasteiger partial charge in [0.05, 0.1) is 22.2 Å². The van der Waals surface area contributed by atoms with Crippen LogP contribution in [0.3, 0.4) is 0 Å². The molecular formula is C31H39Cl2NO3. The molecule has 6 heteroatoms. The first-order chi connectivity index (χ1) is 18.1. The lowest BCUT2D eigenvalue weighted by Gasteiger charge is -2.08. The minimum absolute atomic E-state index is 0.00824. The lowest BCUT2D eigenvalue weighted by Crippen LogP contribution is -2.26. The highest BCUT2D eigenvalue weighted by atomic mass is 35.5. The van der Waals surface area contributed by atoms with Gasteiger partial charge in [0.2, 0.25) is 5.91 Å². The highest BCUT2D eigenvalue weighted by Gasteiger charge is 2.15. The van der Waals surface area contributed by atoms with Crippen LogP contribution in [0.15, 0.2) is 91.1 Å². The summed E-state index contributed by atoms with van der Waals surface area (Å²) in [4.78, 5) is 23.8. The molecule has 0 radical (unpaired) electrons. The summed E-state index contributed by atoms with van der Waals surface area (Å²) in [5.74, 6) is -0.916. The standard InChI is InChI=1S/C31H39Cl2NO3/c1-2-3-4-5-6-7-8-9-10-11-12-13-14-15-16-17-18-19-20-24-29(35)34-25-26-37-31(36)30-27(32)22-21-23-28(30)33/h10-24H,2-9,25-26H2,1H3,(H,34,35). The predicted octanol–water partition coefficient (Wildman–Crippen LogP) is 8.74. The van der Waals surface area contributed by atoms with Gasteiger partial charge in [0.1, 0.15) is 6.61 Å². The highest BCUT2D eigenvalue weighted by Crippen LogP contribution is 2.24. The van der Waals surface area contributed by atoms with E-state index in [0.717, 1.165) is 6.42 Å². The van der Waals surface area contributed by atoms with E-state index in [9.17, 15) is 9.59 Å². The van der Waals surface area contributed by atoms with Gasteiger partial charge < -0.3 is 10.1 Å². The summed E-state index contributed by atoms with van der Waals surface area (Å²) >= 11 is 11.9. The Morgan fingerprint density at radius 1 is 0.784 bits per heavy atom. The summed E-state index contributed by atoms with van der Waals surface area (Å²) in [6.45, 7) is 2.43. The maximum atomic E-state index is 12.0. The first-order valence-corrected chi connectivity index (χ1v) is 13.7. The van der Waals surface area contributed by atoms with Gasteiger partial charge in [-0.05, 0) is 25.0 Å². The van der Waals surface area contributed by atoms with Crippen LogP contribution in [0.5, 0.6) is 0 Å². The van der Waals surface area contributed by atoms with E-state index in [4.69, 9.17) is 27.9 Å². The van der Waals surface area contributed by atoms with Crippen molar-refractivity contribution in [1.29, 1.82) is 0 Å². The molecule has 1 aromatic rings. The van der Waals surface area contributed by atoms with Crippen LogP contribution in [0.2, 0.25) is 10.0 Å². The van der Waals surface area contributed by atoms with E-state index in [1.165, 1.54) is 51.0 Å². The van der Waals surface area contributed by atoms with Gasteiger partial charge >= 0.3 is 5.97 Å². The molecule has 0 saturated carbocycles. The van der Waals surface area contributed by atoms with E-state index in [1.807, 2.05) is 42.5 Å². The molecule has 0 aromatic heterocycles. The smallest absolute Gasteiger partial charge is 0.341 e. The van der Waals surface area contributed by atoms with E-state index in [1.54, 1.807) is 30.4 Å². The van der Waals surface area contributed by atoms with Gasteiger partial charge in [0.15, 0.2) is 0 Å². The van der Waals surface area contributed by atoms with Crippen molar-refractivity contribution in [3.05, 3.63) is 107 Å². The number of unbranched alkanes of at least 4 members (excludes halogenated alkanes) is 7. The Balaban J connectivity index is 2.10. The average molecular weight is 545 g/mol. The van der Waals surface area contributed by atoms with E-state index >= 15 is 0 Å².